The molecule has 2 aromatic rings. The van der Waals surface area contributed by atoms with E-state index in [1.807, 2.05) is 26.0 Å². The third-order valence-corrected chi connectivity index (χ3v) is 3.84. The van der Waals surface area contributed by atoms with Gasteiger partial charge >= 0.3 is 5.97 Å². The number of aromatic nitrogens is 2. The molecule has 0 radical (unpaired) electrons. The van der Waals surface area contributed by atoms with E-state index >= 15 is 0 Å². The second-order valence-corrected chi connectivity index (χ2v) is 5.59. The Labute approximate surface area is 141 Å². The molecule has 1 amide bonds. The summed E-state index contributed by atoms with van der Waals surface area (Å²) in [6.45, 7) is 6.30. The molecule has 0 aliphatic rings. The van der Waals surface area contributed by atoms with Gasteiger partial charge in [-0.3, -0.25) is 9.78 Å². The van der Waals surface area contributed by atoms with E-state index in [9.17, 15) is 9.59 Å². The normalized spacial score (nSPS) is 10.5. The van der Waals surface area contributed by atoms with E-state index in [2.05, 4.69) is 15.3 Å². The zero-order chi connectivity index (χ0) is 17.5. The number of amides is 1. The van der Waals surface area contributed by atoms with Crippen molar-refractivity contribution in [3.63, 3.8) is 0 Å². The van der Waals surface area contributed by atoms with E-state index in [1.165, 1.54) is 0 Å². The molecule has 2 rings (SSSR count). The molecular formula is C18H23N3O3. The number of aromatic amines is 1. The number of hydrogen-bond donors (Lipinski definition) is 2. The van der Waals surface area contributed by atoms with Gasteiger partial charge in [-0.15, -0.1) is 0 Å². The Morgan fingerprint density at radius 3 is 2.79 bits per heavy atom. The van der Waals surface area contributed by atoms with Gasteiger partial charge in [0.1, 0.15) is 0 Å². The molecule has 0 saturated carbocycles. The monoisotopic (exact) mass is 329 g/mol. The summed E-state index contributed by atoms with van der Waals surface area (Å²) in [6.07, 6.45) is 4.32. The Morgan fingerprint density at radius 2 is 2.12 bits per heavy atom. The van der Waals surface area contributed by atoms with Crippen molar-refractivity contribution >= 4 is 11.9 Å². The van der Waals surface area contributed by atoms with Gasteiger partial charge in [-0.2, -0.15) is 0 Å². The number of pyridine rings is 1. The summed E-state index contributed by atoms with van der Waals surface area (Å²) in [5.41, 5.74) is 4.06. The number of ether oxygens (including phenoxy) is 1. The maximum Gasteiger partial charge on any atom is 0.340 e. The van der Waals surface area contributed by atoms with E-state index in [1.54, 1.807) is 19.3 Å². The van der Waals surface area contributed by atoms with Crippen molar-refractivity contribution in [2.75, 3.05) is 6.61 Å². The first-order valence-corrected chi connectivity index (χ1v) is 8.03. The Morgan fingerprint density at radius 1 is 1.33 bits per heavy atom. The van der Waals surface area contributed by atoms with Crippen LogP contribution in [-0.4, -0.2) is 28.5 Å². The predicted molar refractivity (Wildman–Crippen MR) is 90.6 cm³/mol. The molecule has 2 heterocycles. The van der Waals surface area contributed by atoms with Crippen LogP contribution in [0.25, 0.3) is 0 Å². The lowest BCUT2D eigenvalue weighted by Gasteiger charge is -2.05. The van der Waals surface area contributed by atoms with Crippen LogP contribution in [0.1, 0.15) is 46.2 Å². The summed E-state index contributed by atoms with van der Waals surface area (Å²) in [4.78, 5) is 31.2. The summed E-state index contributed by atoms with van der Waals surface area (Å²) in [7, 11) is 0. The largest absolute Gasteiger partial charge is 0.462 e. The minimum absolute atomic E-state index is 0.0387. The quantitative estimate of drug-likeness (QED) is 0.764. The number of carbonyl (C=O) groups excluding carboxylic acids is 2. The van der Waals surface area contributed by atoms with Gasteiger partial charge in [-0.1, -0.05) is 6.07 Å². The summed E-state index contributed by atoms with van der Waals surface area (Å²) in [5.74, 6) is -0.362. The van der Waals surface area contributed by atoms with E-state index in [-0.39, 0.29) is 11.9 Å². The lowest BCUT2D eigenvalue weighted by Crippen LogP contribution is -2.23. The van der Waals surface area contributed by atoms with Crippen molar-refractivity contribution in [2.24, 2.45) is 0 Å². The van der Waals surface area contributed by atoms with Crippen molar-refractivity contribution in [3.05, 3.63) is 52.6 Å². The Hall–Kier alpha value is -2.63. The SMILES string of the molecule is CCOC(=O)c1c(C)[nH]c(CCC(=O)NCc2cccnc2)c1C. The number of hydrogen-bond acceptors (Lipinski definition) is 4. The number of nitrogens with zero attached hydrogens (tertiary/aromatic N) is 1. The summed E-state index contributed by atoms with van der Waals surface area (Å²) >= 11 is 0. The maximum absolute atomic E-state index is 12.0. The van der Waals surface area contributed by atoms with Crippen molar-refractivity contribution in [1.29, 1.82) is 0 Å². The Kier molecular flexibility index (Phi) is 6.12. The fourth-order valence-corrected chi connectivity index (χ4v) is 2.60. The standard InChI is InChI=1S/C18H23N3O3/c1-4-24-18(23)17-12(2)15(21-13(17)3)7-8-16(22)20-11-14-6-5-9-19-10-14/h5-6,9-10,21H,4,7-8,11H2,1-3H3,(H,20,22). The molecule has 0 aliphatic carbocycles. The highest BCUT2D eigenvalue weighted by Gasteiger charge is 2.19. The van der Waals surface area contributed by atoms with Crippen LogP contribution < -0.4 is 5.32 Å². The molecule has 24 heavy (non-hydrogen) atoms. The number of nitrogens with one attached hydrogen (secondary N) is 2. The molecule has 0 aromatic carbocycles. The molecule has 0 spiro atoms. The van der Waals surface area contributed by atoms with Crippen molar-refractivity contribution in [2.45, 2.75) is 40.2 Å². The fraction of sp³-hybridized carbons (Fsp3) is 0.389. The smallest absolute Gasteiger partial charge is 0.340 e. The van der Waals surface area contributed by atoms with Gasteiger partial charge in [0.05, 0.1) is 12.2 Å². The van der Waals surface area contributed by atoms with Gasteiger partial charge in [-0.25, -0.2) is 4.79 Å². The number of rotatable bonds is 7. The highest BCUT2D eigenvalue weighted by atomic mass is 16.5. The average molecular weight is 329 g/mol. The Bertz CT molecular complexity index is 708. The van der Waals surface area contributed by atoms with Crippen LogP contribution >= 0.6 is 0 Å². The molecule has 0 fully saturated rings. The van der Waals surface area contributed by atoms with Gasteiger partial charge in [0.15, 0.2) is 0 Å². The van der Waals surface area contributed by atoms with Crippen LogP contribution in [-0.2, 0) is 22.5 Å². The van der Waals surface area contributed by atoms with Gasteiger partial charge in [-0.05, 0) is 44.4 Å². The molecule has 6 nitrogen and oxygen atoms in total. The first kappa shape index (κ1) is 17.7. The summed E-state index contributed by atoms with van der Waals surface area (Å²) in [6, 6.07) is 3.75. The van der Waals surface area contributed by atoms with Gasteiger partial charge in [0.25, 0.3) is 0 Å². The number of aryl methyl sites for hydroxylation is 2. The molecule has 0 bridgehead atoms. The topological polar surface area (TPSA) is 84.1 Å². The third-order valence-electron chi connectivity index (χ3n) is 3.84. The van der Waals surface area contributed by atoms with E-state index < -0.39 is 0 Å². The molecule has 0 aliphatic heterocycles. The van der Waals surface area contributed by atoms with E-state index in [0.717, 1.165) is 22.5 Å². The molecule has 0 unspecified atom stereocenters. The molecule has 0 atom stereocenters. The van der Waals surface area contributed by atoms with Gasteiger partial charge < -0.3 is 15.0 Å². The molecule has 6 heteroatoms. The van der Waals surface area contributed by atoms with E-state index in [0.29, 0.717) is 31.6 Å². The zero-order valence-electron chi connectivity index (χ0n) is 14.3. The third kappa shape index (κ3) is 4.44. The summed E-state index contributed by atoms with van der Waals surface area (Å²) in [5, 5.41) is 2.87. The zero-order valence-corrected chi connectivity index (χ0v) is 14.3. The molecular weight excluding hydrogens is 306 g/mol. The van der Waals surface area contributed by atoms with Crippen LogP contribution in [0.2, 0.25) is 0 Å². The second kappa shape index (κ2) is 8.29. The van der Waals surface area contributed by atoms with Crippen molar-refractivity contribution in [1.82, 2.24) is 15.3 Å². The lowest BCUT2D eigenvalue weighted by atomic mass is 10.1. The van der Waals surface area contributed by atoms with E-state index in [4.69, 9.17) is 4.74 Å². The number of esters is 1. The highest BCUT2D eigenvalue weighted by Crippen LogP contribution is 2.20. The Balaban J connectivity index is 1.91. The van der Waals surface area contributed by atoms with Gasteiger partial charge in [0, 0.05) is 36.7 Å². The molecule has 2 N–H and O–H groups in total. The van der Waals surface area contributed by atoms with Crippen LogP contribution in [0, 0.1) is 13.8 Å². The fourth-order valence-electron chi connectivity index (χ4n) is 2.60. The second-order valence-electron chi connectivity index (χ2n) is 5.59. The first-order valence-electron chi connectivity index (χ1n) is 8.03. The van der Waals surface area contributed by atoms with Crippen molar-refractivity contribution < 1.29 is 14.3 Å². The first-order chi connectivity index (χ1) is 11.5. The predicted octanol–water partition coefficient (Wildman–Crippen LogP) is 2.45. The minimum atomic E-state index is -0.323. The maximum atomic E-state index is 12.0. The average Bonchev–Trinajstić information content (AvgIpc) is 2.86. The number of carbonyl (C=O) groups is 2. The van der Waals surface area contributed by atoms with Crippen LogP contribution in [0.3, 0.4) is 0 Å². The summed E-state index contributed by atoms with van der Waals surface area (Å²) < 4.78 is 5.07. The lowest BCUT2D eigenvalue weighted by molar-refractivity contribution is -0.121. The van der Waals surface area contributed by atoms with Crippen LogP contribution in [0.5, 0.6) is 0 Å². The highest BCUT2D eigenvalue weighted by molar-refractivity contribution is 5.92. The van der Waals surface area contributed by atoms with Crippen molar-refractivity contribution in [3.8, 4) is 0 Å². The van der Waals surface area contributed by atoms with Crippen LogP contribution in [0.4, 0.5) is 0 Å². The minimum Gasteiger partial charge on any atom is -0.462 e. The molecule has 0 saturated heterocycles. The van der Waals surface area contributed by atoms with Crippen LogP contribution in [0.15, 0.2) is 24.5 Å². The molecule has 128 valence electrons. The van der Waals surface area contributed by atoms with Gasteiger partial charge in [0.2, 0.25) is 5.91 Å². The number of H-pyrrole nitrogens is 1. The molecule has 2 aromatic heterocycles.